The van der Waals surface area contributed by atoms with E-state index in [1.54, 1.807) is 7.11 Å². The summed E-state index contributed by atoms with van der Waals surface area (Å²) in [6.07, 6.45) is 4.94. The molecule has 0 heterocycles. The van der Waals surface area contributed by atoms with Gasteiger partial charge in [0.05, 0.1) is 19.3 Å². The van der Waals surface area contributed by atoms with Gasteiger partial charge in [-0.3, -0.25) is 0 Å². The molecular formula is C17H27NO2S. The summed E-state index contributed by atoms with van der Waals surface area (Å²) >= 11 is 5.00. The van der Waals surface area contributed by atoms with E-state index in [-0.39, 0.29) is 0 Å². The Bertz CT molecular complexity index is 448. The predicted octanol–water partition coefficient (Wildman–Crippen LogP) is 4.06. The molecule has 0 amide bonds. The standard InChI is InChI=1S/C17H27NO2S/c1-4-6-7-13(5-2)11-20-12-14-8-9-15(17(18)21)16(10-14)19-3/h8-10,13H,4-7,11-12H2,1-3H3,(H2,18,21). The van der Waals surface area contributed by atoms with E-state index in [0.29, 0.717) is 23.3 Å². The zero-order valence-corrected chi connectivity index (χ0v) is 14.2. The maximum absolute atomic E-state index is 5.85. The molecule has 0 radical (unpaired) electrons. The van der Waals surface area contributed by atoms with Crippen LogP contribution in [0, 0.1) is 5.92 Å². The van der Waals surface area contributed by atoms with Gasteiger partial charge in [0.25, 0.3) is 0 Å². The highest BCUT2D eigenvalue weighted by molar-refractivity contribution is 7.80. The molecule has 0 aliphatic heterocycles. The number of ether oxygens (including phenoxy) is 2. The van der Waals surface area contributed by atoms with Crippen molar-refractivity contribution in [3.63, 3.8) is 0 Å². The summed E-state index contributed by atoms with van der Waals surface area (Å²) in [6, 6.07) is 5.83. The second kappa shape index (κ2) is 9.74. The van der Waals surface area contributed by atoms with Gasteiger partial charge in [0.2, 0.25) is 0 Å². The minimum absolute atomic E-state index is 0.352. The number of hydrogen-bond acceptors (Lipinski definition) is 3. The number of rotatable bonds is 10. The molecule has 1 unspecified atom stereocenters. The third kappa shape index (κ3) is 6.02. The van der Waals surface area contributed by atoms with Gasteiger partial charge in [-0.2, -0.15) is 0 Å². The maximum atomic E-state index is 5.85. The molecular weight excluding hydrogens is 282 g/mol. The Labute approximate surface area is 133 Å². The zero-order valence-electron chi connectivity index (χ0n) is 13.4. The average Bonchev–Trinajstić information content (AvgIpc) is 2.50. The SMILES string of the molecule is CCCCC(CC)COCc1ccc(C(N)=S)c(OC)c1. The van der Waals surface area contributed by atoms with Crippen molar-refractivity contribution in [2.75, 3.05) is 13.7 Å². The van der Waals surface area contributed by atoms with Crippen molar-refractivity contribution in [3.8, 4) is 5.75 Å². The molecule has 1 aromatic carbocycles. The first-order valence-corrected chi connectivity index (χ1v) is 8.07. The van der Waals surface area contributed by atoms with E-state index in [9.17, 15) is 0 Å². The second-order valence-electron chi connectivity index (χ2n) is 5.33. The van der Waals surface area contributed by atoms with Crippen LogP contribution in [0.15, 0.2) is 18.2 Å². The van der Waals surface area contributed by atoms with Gasteiger partial charge in [0.15, 0.2) is 0 Å². The summed E-state index contributed by atoms with van der Waals surface area (Å²) in [5.41, 5.74) is 7.51. The van der Waals surface area contributed by atoms with Gasteiger partial charge in [0.1, 0.15) is 10.7 Å². The molecule has 0 saturated heterocycles. The van der Waals surface area contributed by atoms with Crippen LogP contribution in [0.1, 0.15) is 50.7 Å². The monoisotopic (exact) mass is 309 g/mol. The van der Waals surface area contributed by atoms with Crippen LogP contribution in [0.4, 0.5) is 0 Å². The first-order valence-electron chi connectivity index (χ1n) is 7.66. The molecule has 0 aromatic heterocycles. The number of thiocarbonyl (C=S) groups is 1. The molecule has 118 valence electrons. The minimum Gasteiger partial charge on any atom is -0.496 e. The van der Waals surface area contributed by atoms with Crippen LogP contribution >= 0.6 is 12.2 Å². The van der Waals surface area contributed by atoms with E-state index in [2.05, 4.69) is 13.8 Å². The van der Waals surface area contributed by atoms with Crippen molar-refractivity contribution in [1.29, 1.82) is 0 Å². The van der Waals surface area contributed by atoms with Crippen LogP contribution in [0.5, 0.6) is 5.75 Å². The molecule has 1 rings (SSSR count). The van der Waals surface area contributed by atoms with Crippen LogP contribution in [0.2, 0.25) is 0 Å². The Kier molecular flexibility index (Phi) is 8.31. The second-order valence-corrected chi connectivity index (χ2v) is 5.77. The van der Waals surface area contributed by atoms with Gasteiger partial charge in [-0.15, -0.1) is 0 Å². The third-order valence-electron chi connectivity index (χ3n) is 3.70. The average molecular weight is 309 g/mol. The van der Waals surface area contributed by atoms with Crippen molar-refractivity contribution in [2.24, 2.45) is 11.7 Å². The zero-order chi connectivity index (χ0) is 15.7. The molecule has 0 fully saturated rings. The number of unbranched alkanes of at least 4 members (excludes halogenated alkanes) is 1. The lowest BCUT2D eigenvalue weighted by atomic mass is 10.0. The molecule has 3 nitrogen and oxygen atoms in total. The Morgan fingerprint density at radius 1 is 1.33 bits per heavy atom. The Balaban J connectivity index is 2.53. The smallest absolute Gasteiger partial charge is 0.129 e. The Hall–Kier alpha value is -1.13. The molecule has 21 heavy (non-hydrogen) atoms. The van der Waals surface area contributed by atoms with Crippen molar-refractivity contribution in [2.45, 2.75) is 46.1 Å². The highest BCUT2D eigenvalue weighted by Crippen LogP contribution is 2.21. The Morgan fingerprint density at radius 3 is 2.67 bits per heavy atom. The highest BCUT2D eigenvalue weighted by Gasteiger charge is 2.09. The van der Waals surface area contributed by atoms with Gasteiger partial charge in [0, 0.05) is 6.61 Å². The summed E-state index contributed by atoms with van der Waals surface area (Å²) in [5.74, 6) is 1.37. The lowest BCUT2D eigenvalue weighted by molar-refractivity contribution is 0.0819. The molecule has 0 aliphatic carbocycles. The van der Waals surface area contributed by atoms with Crippen LogP contribution < -0.4 is 10.5 Å². The first kappa shape index (κ1) is 17.9. The molecule has 1 aromatic rings. The van der Waals surface area contributed by atoms with E-state index >= 15 is 0 Å². The first-order chi connectivity index (χ1) is 10.1. The molecule has 2 N–H and O–H groups in total. The number of hydrogen-bond donors (Lipinski definition) is 1. The van der Waals surface area contributed by atoms with Crippen molar-refractivity contribution >= 4 is 17.2 Å². The van der Waals surface area contributed by atoms with E-state index < -0.39 is 0 Å². The van der Waals surface area contributed by atoms with E-state index in [0.717, 1.165) is 17.7 Å². The van der Waals surface area contributed by atoms with Gasteiger partial charge >= 0.3 is 0 Å². The van der Waals surface area contributed by atoms with Crippen molar-refractivity contribution in [1.82, 2.24) is 0 Å². The van der Waals surface area contributed by atoms with Crippen LogP contribution in [-0.4, -0.2) is 18.7 Å². The van der Waals surface area contributed by atoms with Gasteiger partial charge < -0.3 is 15.2 Å². The van der Waals surface area contributed by atoms with E-state index in [4.69, 9.17) is 27.4 Å². The van der Waals surface area contributed by atoms with Crippen LogP contribution in [0.25, 0.3) is 0 Å². The van der Waals surface area contributed by atoms with E-state index in [1.807, 2.05) is 18.2 Å². The van der Waals surface area contributed by atoms with Crippen molar-refractivity contribution < 1.29 is 9.47 Å². The lowest BCUT2D eigenvalue weighted by Crippen LogP contribution is -2.12. The predicted molar refractivity (Wildman–Crippen MR) is 91.8 cm³/mol. The number of methoxy groups -OCH3 is 1. The van der Waals surface area contributed by atoms with Crippen molar-refractivity contribution in [3.05, 3.63) is 29.3 Å². The normalized spacial score (nSPS) is 12.1. The quantitative estimate of drug-likeness (QED) is 0.662. The molecule has 0 spiro atoms. The van der Waals surface area contributed by atoms with E-state index in [1.165, 1.54) is 25.7 Å². The topological polar surface area (TPSA) is 44.5 Å². The maximum Gasteiger partial charge on any atom is 0.129 e. The summed E-state index contributed by atoms with van der Waals surface area (Å²) in [6.45, 7) is 5.86. The Morgan fingerprint density at radius 2 is 2.10 bits per heavy atom. The highest BCUT2D eigenvalue weighted by atomic mass is 32.1. The number of nitrogens with two attached hydrogens (primary N) is 1. The van der Waals surface area contributed by atoms with Gasteiger partial charge in [-0.25, -0.2) is 0 Å². The molecule has 1 atom stereocenters. The third-order valence-corrected chi connectivity index (χ3v) is 3.92. The number of benzene rings is 1. The lowest BCUT2D eigenvalue weighted by Gasteiger charge is -2.15. The summed E-state index contributed by atoms with van der Waals surface area (Å²) < 4.78 is 11.2. The molecule has 4 heteroatoms. The molecule has 0 saturated carbocycles. The van der Waals surface area contributed by atoms with Gasteiger partial charge in [-0.05, 0) is 30.0 Å². The largest absolute Gasteiger partial charge is 0.496 e. The van der Waals surface area contributed by atoms with Crippen LogP contribution in [-0.2, 0) is 11.3 Å². The summed E-state index contributed by atoms with van der Waals surface area (Å²) in [5, 5.41) is 0. The van der Waals surface area contributed by atoms with Gasteiger partial charge in [-0.1, -0.05) is 51.4 Å². The fraction of sp³-hybridized carbons (Fsp3) is 0.588. The minimum atomic E-state index is 0.352. The summed E-state index contributed by atoms with van der Waals surface area (Å²) in [7, 11) is 1.62. The van der Waals surface area contributed by atoms with Crippen LogP contribution in [0.3, 0.4) is 0 Å². The molecule has 0 bridgehead atoms. The fourth-order valence-corrected chi connectivity index (χ4v) is 2.44. The summed E-state index contributed by atoms with van der Waals surface area (Å²) in [4.78, 5) is 0.352. The molecule has 0 aliphatic rings. The fourth-order valence-electron chi connectivity index (χ4n) is 2.27.